The molecule has 18 nitrogen and oxygen atoms in total. The smallest absolute Gasteiger partial charge is 0.305 e. The number of carbonyl (C=O) groups excluding carboxylic acids is 7. The number of primary amides is 1. The minimum atomic E-state index is -1.75. The largest absolute Gasteiger partial charge is 0.508 e. The zero-order valence-electron chi connectivity index (χ0n) is 30.2. The van der Waals surface area contributed by atoms with Gasteiger partial charge in [0.15, 0.2) is 0 Å². The van der Waals surface area contributed by atoms with E-state index in [2.05, 4.69) is 31.9 Å². The van der Waals surface area contributed by atoms with Crippen molar-refractivity contribution in [2.24, 2.45) is 23.3 Å². The van der Waals surface area contributed by atoms with Crippen LogP contribution >= 0.6 is 0 Å². The Morgan fingerprint density at radius 1 is 0.706 bits per heavy atom. The highest BCUT2D eigenvalue weighted by Crippen LogP contribution is 2.14. The average molecular weight is 721 g/mol. The van der Waals surface area contributed by atoms with Crippen molar-refractivity contribution in [3.05, 3.63) is 29.8 Å². The molecule has 1 aromatic rings. The molecule has 0 bridgehead atoms. The molecule has 0 fully saturated rings. The SMILES string of the molecule is CC(C)[C@H](NC(=O)[C@@H](NC(=O)[C@@H](CC(=O)O)NC(=O)C(C)(C)NC(=O)C(C)(C)NC(=O)[C@@H](N)Cc1ccc(O)cc1)C(C)C)C(=O)NCC(N)=O. The van der Waals surface area contributed by atoms with Gasteiger partial charge in [0.2, 0.25) is 41.4 Å². The molecule has 0 saturated heterocycles. The monoisotopic (exact) mass is 720 g/mol. The second-order valence-electron chi connectivity index (χ2n) is 13.9. The number of hydrogen-bond acceptors (Lipinski definition) is 10. The Hall–Kier alpha value is -5.26. The fourth-order valence-corrected chi connectivity index (χ4v) is 4.51. The molecule has 284 valence electrons. The number of carboxylic acid groups (broad SMARTS) is 1. The van der Waals surface area contributed by atoms with Crippen LogP contribution in [0, 0.1) is 11.8 Å². The first-order valence-corrected chi connectivity index (χ1v) is 16.3. The zero-order chi connectivity index (χ0) is 39.4. The Morgan fingerprint density at radius 3 is 1.69 bits per heavy atom. The molecule has 12 N–H and O–H groups in total. The standard InChI is InChI=1S/C33H52N8O10/c1-16(2)24(28(48)36-15-22(35)43)39-29(49)25(17(3)4)38-27(47)21(14-23(44)45)37-30(50)32(5,6)41-31(51)33(7,8)40-26(46)20(34)13-18-9-11-19(42)12-10-18/h9-12,16-17,20-21,24-25,42H,13-15,34H2,1-8H3,(H2,35,43)(H,36,48)(H,37,50)(H,38,47)(H,39,49)(H,40,46)(H,41,51)(H,44,45)/t20-,21+,24-,25-/m0/s1. The second kappa shape index (κ2) is 18.7. The number of phenolic OH excluding ortho intramolecular Hbond substituents is 1. The van der Waals surface area contributed by atoms with Crippen molar-refractivity contribution in [3.8, 4) is 5.75 Å². The Bertz CT molecular complexity index is 1460. The Morgan fingerprint density at radius 2 is 1.20 bits per heavy atom. The minimum absolute atomic E-state index is 0.0428. The molecule has 4 atom stereocenters. The lowest BCUT2D eigenvalue weighted by atomic mass is 9.97. The third kappa shape index (κ3) is 14.2. The van der Waals surface area contributed by atoms with Crippen LogP contribution in [-0.4, -0.2) is 99.3 Å². The van der Waals surface area contributed by atoms with Crippen LogP contribution < -0.4 is 43.4 Å². The van der Waals surface area contributed by atoms with E-state index in [4.69, 9.17) is 11.5 Å². The summed E-state index contributed by atoms with van der Waals surface area (Å²) in [5.41, 5.74) is 8.43. The number of carbonyl (C=O) groups is 8. The number of aliphatic carboxylic acids is 1. The van der Waals surface area contributed by atoms with Crippen LogP contribution in [0.5, 0.6) is 5.75 Å². The van der Waals surface area contributed by atoms with Gasteiger partial charge in [-0.2, -0.15) is 0 Å². The maximum Gasteiger partial charge on any atom is 0.305 e. The molecule has 0 unspecified atom stereocenters. The lowest BCUT2D eigenvalue weighted by Gasteiger charge is -2.33. The number of carboxylic acids is 1. The van der Waals surface area contributed by atoms with E-state index in [0.717, 1.165) is 0 Å². The van der Waals surface area contributed by atoms with Crippen LogP contribution in [0.4, 0.5) is 0 Å². The molecule has 0 aliphatic carbocycles. The summed E-state index contributed by atoms with van der Waals surface area (Å²) >= 11 is 0. The van der Waals surface area contributed by atoms with Crippen molar-refractivity contribution >= 4 is 47.3 Å². The Labute approximate surface area is 296 Å². The van der Waals surface area contributed by atoms with E-state index in [-0.39, 0.29) is 12.2 Å². The van der Waals surface area contributed by atoms with Crippen LogP contribution in [0.15, 0.2) is 24.3 Å². The molecular formula is C33H52N8O10. The van der Waals surface area contributed by atoms with E-state index >= 15 is 0 Å². The van der Waals surface area contributed by atoms with E-state index < -0.39 is 107 Å². The third-order valence-corrected chi connectivity index (χ3v) is 7.66. The quantitative estimate of drug-likeness (QED) is 0.0738. The van der Waals surface area contributed by atoms with Crippen molar-refractivity contribution < 1.29 is 48.6 Å². The van der Waals surface area contributed by atoms with Crippen molar-refractivity contribution in [1.29, 1.82) is 0 Å². The summed E-state index contributed by atoms with van der Waals surface area (Å²) in [6.45, 7) is 11.3. The minimum Gasteiger partial charge on any atom is -0.508 e. The molecule has 0 radical (unpaired) electrons. The van der Waals surface area contributed by atoms with Crippen molar-refractivity contribution in [2.45, 2.75) is 103 Å². The van der Waals surface area contributed by atoms with Gasteiger partial charge in [0.1, 0.15) is 35.0 Å². The Kier molecular flexibility index (Phi) is 16.0. The number of benzene rings is 1. The third-order valence-electron chi connectivity index (χ3n) is 7.66. The molecule has 1 aromatic carbocycles. The molecular weight excluding hydrogens is 668 g/mol. The molecule has 0 spiro atoms. The highest BCUT2D eigenvalue weighted by molar-refractivity contribution is 6.00. The maximum atomic E-state index is 13.4. The van der Waals surface area contributed by atoms with Crippen LogP contribution in [0.2, 0.25) is 0 Å². The number of amides is 7. The molecule has 0 saturated carbocycles. The molecule has 0 aliphatic heterocycles. The van der Waals surface area contributed by atoms with Gasteiger partial charge >= 0.3 is 5.97 Å². The predicted octanol–water partition coefficient (Wildman–Crippen LogP) is -2.11. The number of hydrogen-bond donors (Lipinski definition) is 10. The lowest BCUT2D eigenvalue weighted by molar-refractivity contribution is -0.142. The fraction of sp³-hybridized carbons (Fsp3) is 0.576. The zero-order valence-corrected chi connectivity index (χ0v) is 30.2. The summed E-state index contributed by atoms with van der Waals surface area (Å²) < 4.78 is 0. The highest BCUT2D eigenvalue weighted by atomic mass is 16.4. The molecule has 18 heteroatoms. The first-order valence-electron chi connectivity index (χ1n) is 16.3. The predicted molar refractivity (Wildman–Crippen MR) is 184 cm³/mol. The van der Waals surface area contributed by atoms with Gasteiger partial charge < -0.3 is 53.6 Å². The summed E-state index contributed by atoms with van der Waals surface area (Å²) in [5.74, 6) is -8.16. The molecule has 51 heavy (non-hydrogen) atoms. The summed E-state index contributed by atoms with van der Waals surface area (Å²) in [7, 11) is 0. The van der Waals surface area contributed by atoms with Crippen molar-refractivity contribution in [3.63, 3.8) is 0 Å². The van der Waals surface area contributed by atoms with Gasteiger partial charge in [-0.1, -0.05) is 39.8 Å². The molecule has 0 aromatic heterocycles. The van der Waals surface area contributed by atoms with Gasteiger partial charge in [-0.3, -0.25) is 38.4 Å². The van der Waals surface area contributed by atoms with Gasteiger partial charge in [-0.05, 0) is 63.6 Å². The van der Waals surface area contributed by atoms with Gasteiger partial charge in [-0.25, -0.2) is 0 Å². The number of phenols is 1. The molecule has 1 rings (SSSR count). The number of rotatable bonds is 19. The molecule has 0 heterocycles. The van der Waals surface area contributed by atoms with Crippen LogP contribution in [0.3, 0.4) is 0 Å². The normalized spacial score (nSPS) is 13.9. The Balaban J connectivity index is 3.04. The van der Waals surface area contributed by atoms with E-state index in [1.807, 2.05) is 0 Å². The van der Waals surface area contributed by atoms with Crippen LogP contribution in [-0.2, 0) is 44.8 Å². The first-order chi connectivity index (χ1) is 23.4. The average Bonchev–Trinajstić information content (AvgIpc) is 3.00. The van der Waals surface area contributed by atoms with Crippen LogP contribution in [0.25, 0.3) is 0 Å². The first kappa shape index (κ1) is 43.8. The van der Waals surface area contributed by atoms with Gasteiger partial charge in [0.25, 0.3) is 0 Å². The molecule has 0 aliphatic rings. The number of nitrogens with one attached hydrogen (secondary N) is 6. The van der Waals surface area contributed by atoms with Crippen LogP contribution in [0.1, 0.15) is 67.4 Å². The summed E-state index contributed by atoms with van der Waals surface area (Å²) in [4.78, 5) is 101. The van der Waals surface area contributed by atoms with Gasteiger partial charge in [-0.15, -0.1) is 0 Å². The summed E-state index contributed by atoms with van der Waals surface area (Å²) in [5, 5.41) is 33.6. The number of aromatic hydroxyl groups is 1. The molecule has 7 amide bonds. The lowest BCUT2D eigenvalue weighted by Crippen LogP contribution is -2.65. The van der Waals surface area contributed by atoms with E-state index in [0.29, 0.717) is 5.56 Å². The van der Waals surface area contributed by atoms with Gasteiger partial charge in [0.05, 0.1) is 19.0 Å². The summed E-state index contributed by atoms with van der Waals surface area (Å²) in [6.07, 6.45) is -0.784. The van der Waals surface area contributed by atoms with Crippen molar-refractivity contribution in [2.75, 3.05) is 6.54 Å². The maximum absolute atomic E-state index is 13.4. The van der Waals surface area contributed by atoms with Gasteiger partial charge in [0, 0.05) is 0 Å². The van der Waals surface area contributed by atoms with E-state index in [9.17, 15) is 48.6 Å². The summed E-state index contributed by atoms with van der Waals surface area (Å²) in [6, 6.07) is 0.913. The topological polar surface area (TPSA) is 301 Å². The fourth-order valence-electron chi connectivity index (χ4n) is 4.51. The van der Waals surface area contributed by atoms with E-state index in [1.54, 1.807) is 39.8 Å². The number of nitrogens with two attached hydrogens (primary N) is 2. The highest BCUT2D eigenvalue weighted by Gasteiger charge is 2.40. The second-order valence-corrected chi connectivity index (χ2v) is 13.9. The van der Waals surface area contributed by atoms with E-state index in [1.165, 1.54) is 39.8 Å². The van der Waals surface area contributed by atoms with Crippen molar-refractivity contribution in [1.82, 2.24) is 31.9 Å².